The molecule has 0 aromatic carbocycles. The van der Waals surface area contributed by atoms with E-state index in [0.717, 1.165) is 0 Å². The zero-order chi connectivity index (χ0) is 13.3. The molecule has 0 spiro atoms. The second-order valence-electron chi connectivity index (χ2n) is 3.56. The smallest absolute Gasteiger partial charge is 0.359 e. The molecule has 0 fully saturated rings. The van der Waals surface area contributed by atoms with Crippen LogP contribution in [0.3, 0.4) is 0 Å². The van der Waals surface area contributed by atoms with E-state index in [1.165, 1.54) is 18.9 Å². The monoisotopic (exact) mass is 252 g/mol. The molecule has 96 valence electrons. The van der Waals surface area contributed by atoms with E-state index in [2.05, 4.69) is 14.6 Å². The van der Waals surface area contributed by atoms with Crippen LogP contribution in [0.1, 0.15) is 16.1 Å². The van der Waals surface area contributed by atoms with E-state index in [0.29, 0.717) is 11.4 Å². The number of carbonyl (C=O) groups is 2. The molecule has 0 saturated carbocycles. The van der Waals surface area contributed by atoms with Crippen LogP contribution >= 0.6 is 0 Å². The molecular weight excluding hydrogens is 240 g/mol. The minimum absolute atomic E-state index is 0.0337. The fourth-order valence-electron chi connectivity index (χ4n) is 1.76. The highest BCUT2D eigenvalue weighted by Crippen LogP contribution is 2.33. The fourth-order valence-corrected chi connectivity index (χ4v) is 1.76. The third-order valence-electron chi connectivity index (χ3n) is 2.56. The van der Waals surface area contributed by atoms with Crippen LogP contribution in [-0.2, 0) is 21.3 Å². The second kappa shape index (κ2) is 4.52. The summed E-state index contributed by atoms with van der Waals surface area (Å²) in [6.07, 6.45) is 1.54. The molecule has 2 heterocycles. The Morgan fingerprint density at radius 1 is 1.33 bits per heavy atom. The van der Waals surface area contributed by atoms with Crippen molar-refractivity contribution in [1.82, 2.24) is 9.78 Å². The van der Waals surface area contributed by atoms with Crippen LogP contribution in [0.5, 0.6) is 5.88 Å². The van der Waals surface area contributed by atoms with Crippen LogP contribution in [0.15, 0.2) is 6.08 Å². The molecule has 18 heavy (non-hydrogen) atoms. The fraction of sp³-hybridized carbons (Fsp3) is 0.364. The standard InChI is InChI=1S/C11H12N2O5/c1-13-9-7(8(12-13)11(15)17-3)6(4-5-18-9)10(14)16-2/h4H,5H2,1-3H3. The third kappa shape index (κ3) is 1.73. The lowest BCUT2D eigenvalue weighted by atomic mass is 10.0. The first-order valence-electron chi connectivity index (χ1n) is 5.17. The maximum atomic E-state index is 11.7. The Morgan fingerprint density at radius 3 is 2.61 bits per heavy atom. The zero-order valence-electron chi connectivity index (χ0n) is 10.2. The van der Waals surface area contributed by atoms with Gasteiger partial charge in [0.2, 0.25) is 5.88 Å². The van der Waals surface area contributed by atoms with Gasteiger partial charge in [-0.2, -0.15) is 5.10 Å². The number of fused-ring (bicyclic) bond motifs is 1. The highest BCUT2D eigenvalue weighted by atomic mass is 16.5. The average molecular weight is 252 g/mol. The van der Waals surface area contributed by atoms with Crippen molar-refractivity contribution in [3.05, 3.63) is 17.3 Å². The summed E-state index contributed by atoms with van der Waals surface area (Å²) in [5, 5.41) is 4.00. The van der Waals surface area contributed by atoms with Crippen molar-refractivity contribution >= 4 is 17.5 Å². The summed E-state index contributed by atoms with van der Waals surface area (Å²) in [6, 6.07) is 0. The molecule has 0 saturated heterocycles. The molecule has 2 rings (SSSR count). The summed E-state index contributed by atoms with van der Waals surface area (Å²) >= 11 is 0. The first-order chi connectivity index (χ1) is 8.60. The summed E-state index contributed by atoms with van der Waals surface area (Å²) in [7, 11) is 4.13. The first kappa shape index (κ1) is 12.2. The van der Waals surface area contributed by atoms with Gasteiger partial charge < -0.3 is 14.2 Å². The van der Waals surface area contributed by atoms with Crippen LogP contribution in [0, 0.1) is 0 Å². The summed E-state index contributed by atoms with van der Waals surface area (Å²) in [6.45, 7) is 0.220. The number of methoxy groups -OCH3 is 2. The van der Waals surface area contributed by atoms with Gasteiger partial charge in [-0.15, -0.1) is 0 Å². The molecule has 0 aliphatic carbocycles. The number of carbonyl (C=O) groups excluding carboxylic acids is 2. The molecule has 0 atom stereocenters. The molecule has 1 aromatic heterocycles. The lowest BCUT2D eigenvalue weighted by molar-refractivity contribution is -0.133. The number of aromatic nitrogens is 2. The van der Waals surface area contributed by atoms with Gasteiger partial charge in [0.1, 0.15) is 6.61 Å². The predicted octanol–water partition coefficient (Wildman–Crippen LogP) is 0.155. The minimum Gasteiger partial charge on any atom is -0.473 e. The Labute approximate surface area is 103 Å². The largest absolute Gasteiger partial charge is 0.473 e. The quantitative estimate of drug-likeness (QED) is 0.697. The number of aryl methyl sites for hydroxylation is 1. The number of esters is 2. The molecule has 1 aliphatic heterocycles. The summed E-state index contributed by atoms with van der Waals surface area (Å²) in [5.41, 5.74) is 0.598. The lowest BCUT2D eigenvalue weighted by Gasteiger charge is -2.14. The summed E-state index contributed by atoms with van der Waals surface area (Å²) in [5.74, 6) is -0.830. The summed E-state index contributed by atoms with van der Waals surface area (Å²) < 4.78 is 16.0. The molecule has 1 aliphatic rings. The zero-order valence-corrected chi connectivity index (χ0v) is 10.2. The molecule has 0 unspecified atom stereocenters. The number of hydrogen-bond acceptors (Lipinski definition) is 6. The van der Waals surface area contributed by atoms with Gasteiger partial charge >= 0.3 is 11.9 Å². The van der Waals surface area contributed by atoms with Crippen molar-refractivity contribution in [3.8, 4) is 5.88 Å². The number of hydrogen-bond donors (Lipinski definition) is 0. The Kier molecular flexibility index (Phi) is 3.05. The number of nitrogens with zero attached hydrogens (tertiary/aromatic N) is 2. The van der Waals surface area contributed by atoms with Crippen molar-refractivity contribution in [2.24, 2.45) is 7.05 Å². The van der Waals surface area contributed by atoms with E-state index in [-0.39, 0.29) is 17.9 Å². The van der Waals surface area contributed by atoms with E-state index in [1.54, 1.807) is 13.1 Å². The van der Waals surface area contributed by atoms with Crippen LogP contribution < -0.4 is 4.74 Å². The van der Waals surface area contributed by atoms with Gasteiger partial charge in [-0.3, -0.25) is 0 Å². The van der Waals surface area contributed by atoms with Crippen LogP contribution in [0.25, 0.3) is 5.57 Å². The van der Waals surface area contributed by atoms with Gasteiger partial charge in [0.15, 0.2) is 5.69 Å². The maximum Gasteiger partial charge on any atom is 0.359 e. The molecule has 7 heteroatoms. The third-order valence-corrected chi connectivity index (χ3v) is 2.56. The van der Waals surface area contributed by atoms with Crippen LogP contribution in [0.4, 0.5) is 0 Å². The first-order valence-corrected chi connectivity index (χ1v) is 5.17. The summed E-state index contributed by atoms with van der Waals surface area (Å²) in [4.78, 5) is 23.3. The number of rotatable bonds is 2. The van der Waals surface area contributed by atoms with E-state index < -0.39 is 11.9 Å². The Morgan fingerprint density at radius 2 is 2.00 bits per heavy atom. The molecular formula is C11H12N2O5. The highest BCUT2D eigenvalue weighted by Gasteiger charge is 2.32. The van der Waals surface area contributed by atoms with Gasteiger partial charge in [0.05, 0.1) is 25.4 Å². The van der Waals surface area contributed by atoms with Crippen molar-refractivity contribution in [2.75, 3.05) is 20.8 Å². The number of ether oxygens (including phenoxy) is 3. The molecule has 1 aromatic rings. The van der Waals surface area contributed by atoms with E-state index in [1.807, 2.05) is 0 Å². The second-order valence-corrected chi connectivity index (χ2v) is 3.56. The Bertz CT molecular complexity index is 544. The van der Waals surface area contributed by atoms with E-state index >= 15 is 0 Å². The minimum atomic E-state index is -0.632. The van der Waals surface area contributed by atoms with Gasteiger partial charge in [0.25, 0.3) is 0 Å². The van der Waals surface area contributed by atoms with Crippen LogP contribution in [0.2, 0.25) is 0 Å². The molecule has 0 amide bonds. The lowest BCUT2D eigenvalue weighted by Crippen LogP contribution is -2.15. The van der Waals surface area contributed by atoms with Gasteiger partial charge in [-0.25, -0.2) is 14.3 Å². The van der Waals surface area contributed by atoms with Gasteiger partial charge in [0, 0.05) is 7.05 Å². The van der Waals surface area contributed by atoms with Crippen molar-refractivity contribution in [1.29, 1.82) is 0 Å². The molecule has 0 radical (unpaired) electrons. The SMILES string of the molecule is COC(=O)C1=CCOc2c1c(C(=O)OC)nn2C. The Hall–Kier alpha value is -2.31. The van der Waals surface area contributed by atoms with E-state index in [9.17, 15) is 9.59 Å². The predicted molar refractivity (Wildman–Crippen MR) is 60.0 cm³/mol. The van der Waals surface area contributed by atoms with Crippen LogP contribution in [-0.4, -0.2) is 42.5 Å². The van der Waals surface area contributed by atoms with Gasteiger partial charge in [-0.05, 0) is 6.08 Å². The topological polar surface area (TPSA) is 79.7 Å². The Balaban J connectivity index is 2.60. The van der Waals surface area contributed by atoms with Crippen molar-refractivity contribution in [2.45, 2.75) is 0 Å². The molecule has 0 bridgehead atoms. The van der Waals surface area contributed by atoms with Crippen molar-refractivity contribution < 1.29 is 23.8 Å². The van der Waals surface area contributed by atoms with Gasteiger partial charge in [-0.1, -0.05) is 0 Å². The average Bonchev–Trinajstić information content (AvgIpc) is 2.74. The van der Waals surface area contributed by atoms with Crippen molar-refractivity contribution in [3.63, 3.8) is 0 Å². The molecule has 7 nitrogen and oxygen atoms in total. The van der Waals surface area contributed by atoms with E-state index in [4.69, 9.17) is 4.74 Å². The molecule has 0 N–H and O–H groups in total. The normalized spacial score (nSPS) is 13.2. The maximum absolute atomic E-state index is 11.7. The highest BCUT2D eigenvalue weighted by molar-refractivity contribution is 6.19.